The largest absolute Gasteiger partial charge is 0.346 e. The number of fused-ring (bicyclic) bond motifs is 2. The summed E-state index contributed by atoms with van der Waals surface area (Å²) in [6.45, 7) is 0.694. The van der Waals surface area contributed by atoms with E-state index in [1.54, 1.807) is 6.20 Å². The molecule has 0 amide bonds. The lowest BCUT2D eigenvalue weighted by atomic mass is 10.1. The molecule has 5 nitrogen and oxygen atoms in total. The minimum absolute atomic E-state index is 0.136. The van der Waals surface area contributed by atoms with E-state index in [1.807, 2.05) is 30.5 Å². The Kier molecular flexibility index (Phi) is 3.46. The van der Waals surface area contributed by atoms with Gasteiger partial charge in [0.25, 0.3) is 0 Å². The molecule has 0 radical (unpaired) electrons. The third-order valence-electron chi connectivity index (χ3n) is 4.49. The molecular weight excluding hydrogens is 348 g/mol. The summed E-state index contributed by atoms with van der Waals surface area (Å²) in [7, 11) is 0. The molecule has 0 saturated heterocycles. The number of hydrogen-bond donors (Lipinski definition) is 2. The van der Waals surface area contributed by atoms with E-state index in [-0.39, 0.29) is 11.4 Å². The van der Waals surface area contributed by atoms with Crippen LogP contribution < -0.4 is 5.32 Å². The van der Waals surface area contributed by atoms with Crippen molar-refractivity contribution in [2.75, 3.05) is 5.32 Å². The van der Waals surface area contributed by atoms with Crippen LogP contribution in [0.5, 0.6) is 0 Å². The summed E-state index contributed by atoms with van der Waals surface area (Å²) in [6.07, 6.45) is 3.58. The number of nitrogens with one attached hydrogen (secondary N) is 2. The zero-order chi connectivity index (χ0) is 18.4. The number of hydrogen-bond acceptors (Lipinski definition) is 4. The van der Waals surface area contributed by atoms with Crippen LogP contribution in [-0.4, -0.2) is 21.2 Å². The van der Waals surface area contributed by atoms with E-state index in [0.717, 1.165) is 22.7 Å². The van der Waals surface area contributed by atoms with Gasteiger partial charge in [0.15, 0.2) is 5.82 Å². The monoisotopic (exact) mass is 361 g/mol. The average molecular weight is 361 g/mol. The van der Waals surface area contributed by atoms with Crippen LogP contribution in [-0.2, 0) is 6.54 Å². The van der Waals surface area contributed by atoms with Crippen molar-refractivity contribution in [1.29, 1.82) is 0 Å². The number of halogens is 2. The number of H-pyrrole nitrogens is 1. The van der Waals surface area contributed by atoms with Crippen LogP contribution >= 0.6 is 0 Å². The molecule has 1 aliphatic rings. The molecule has 0 saturated carbocycles. The maximum absolute atomic E-state index is 14.2. The molecule has 0 fully saturated rings. The van der Waals surface area contributed by atoms with Crippen molar-refractivity contribution in [3.8, 4) is 11.4 Å². The van der Waals surface area contributed by atoms with Gasteiger partial charge < -0.3 is 10.3 Å². The van der Waals surface area contributed by atoms with E-state index in [0.29, 0.717) is 18.0 Å². The highest BCUT2D eigenvalue weighted by molar-refractivity contribution is 5.92. The zero-order valence-electron chi connectivity index (χ0n) is 14.0. The molecule has 1 aliphatic heterocycles. The Balaban J connectivity index is 1.61. The third kappa shape index (κ3) is 2.73. The van der Waals surface area contributed by atoms with Crippen LogP contribution in [0.2, 0.25) is 0 Å². The minimum Gasteiger partial charge on any atom is -0.346 e. The van der Waals surface area contributed by atoms with Gasteiger partial charge in [-0.2, -0.15) is 0 Å². The number of aliphatic imine (C=N–C) groups is 1. The van der Waals surface area contributed by atoms with E-state index in [2.05, 4.69) is 25.3 Å². The molecule has 0 spiro atoms. The molecule has 132 valence electrons. The normalized spacial score (nSPS) is 12.5. The number of aromatic nitrogens is 3. The smallest absolute Gasteiger partial charge is 0.166 e. The summed E-state index contributed by atoms with van der Waals surface area (Å²) in [5.74, 6) is -0.640. The molecule has 4 aromatic rings. The summed E-state index contributed by atoms with van der Waals surface area (Å²) >= 11 is 0. The second-order valence-corrected chi connectivity index (χ2v) is 6.27. The molecule has 27 heavy (non-hydrogen) atoms. The Morgan fingerprint density at radius 2 is 1.93 bits per heavy atom. The van der Waals surface area contributed by atoms with Crippen LogP contribution in [0, 0.1) is 11.6 Å². The van der Waals surface area contributed by atoms with Gasteiger partial charge in [-0.3, -0.25) is 4.99 Å². The van der Waals surface area contributed by atoms with E-state index in [9.17, 15) is 8.78 Å². The van der Waals surface area contributed by atoms with Crippen LogP contribution in [0.15, 0.2) is 53.7 Å². The molecule has 2 aromatic heterocycles. The first-order valence-electron chi connectivity index (χ1n) is 8.38. The van der Waals surface area contributed by atoms with E-state index in [1.165, 1.54) is 17.7 Å². The molecule has 7 heteroatoms. The predicted octanol–water partition coefficient (Wildman–Crippen LogP) is 4.58. The van der Waals surface area contributed by atoms with Gasteiger partial charge >= 0.3 is 0 Å². The van der Waals surface area contributed by atoms with Crippen LogP contribution in [0.4, 0.5) is 20.3 Å². The van der Waals surface area contributed by atoms with Crippen LogP contribution in [0.3, 0.4) is 0 Å². The Bertz CT molecular complexity index is 1210. The van der Waals surface area contributed by atoms with E-state index in [4.69, 9.17) is 0 Å². The maximum atomic E-state index is 14.2. The number of aromatic amines is 1. The summed E-state index contributed by atoms with van der Waals surface area (Å²) in [5, 5.41) is 4.05. The van der Waals surface area contributed by atoms with Crippen molar-refractivity contribution < 1.29 is 8.78 Å². The first-order chi connectivity index (χ1) is 13.2. The molecule has 0 aliphatic carbocycles. The predicted molar refractivity (Wildman–Crippen MR) is 100 cm³/mol. The minimum atomic E-state index is -0.708. The molecule has 3 heterocycles. The summed E-state index contributed by atoms with van der Waals surface area (Å²) in [4.78, 5) is 16.1. The quantitative estimate of drug-likeness (QED) is 0.561. The third-order valence-corrected chi connectivity index (χ3v) is 4.49. The number of anilines is 2. The van der Waals surface area contributed by atoms with Crippen molar-refractivity contribution in [2.24, 2.45) is 4.99 Å². The fourth-order valence-corrected chi connectivity index (χ4v) is 3.14. The molecule has 0 unspecified atom stereocenters. The number of benzene rings is 2. The lowest BCUT2D eigenvalue weighted by Gasteiger charge is -2.10. The van der Waals surface area contributed by atoms with Gasteiger partial charge in [0, 0.05) is 24.2 Å². The Labute approximate surface area is 152 Å². The Morgan fingerprint density at radius 3 is 2.81 bits per heavy atom. The van der Waals surface area contributed by atoms with Gasteiger partial charge in [-0.1, -0.05) is 6.07 Å². The Hall–Kier alpha value is -3.61. The van der Waals surface area contributed by atoms with Crippen LogP contribution in [0.1, 0.15) is 11.1 Å². The van der Waals surface area contributed by atoms with Gasteiger partial charge in [-0.05, 0) is 41.5 Å². The van der Waals surface area contributed by atoms with Crippen molar-refractivity contribution in [1.82, 2.24) is 15.0 Å². The van der Waals surface area contributed by atoms with Crippen LogP contribution in [0.25, 0.3) is 22.4 Å². The number of rotatable bonds is 3. The van der Waals surface area contributed by atoms with Gasteiger partial charge in [0.05, 0.1) is 17.5 Å². The molecule has 0 atom stereocenters. The molecular formula is C20H13F2N5. The van der Waals surface area contributed by atoms with Crippen molar-refractivity contribution in [2.45, 2.75) is 6.54 Å². The fourth-order valence-electron chi connectivity index (χ4n) is 3.14. The number of nitrogens with zero attached hydrogens (tertiary/aromatic N) is 3. The highest BCUT2D eigenvalue weighted by Crippen LogP contribution is 2.29. The second kappa shape index (κ2) is 5.98. The zero-order valence-corrected chi connectivity index (χ0v) is 14.0. The lowest BCUT2D eigenvalue weighted by molar-refractivity contribution is 0.585. The maximum Gasteiger partial charge on any atom is 0.166 e. The summed E-state index contributed by atoms with van der Waals surface area (Å²) in [6, 6.07) is 11.2. The van der Waals surface area contributed by atoms with Gasteiger partial charge in [-0.25, -0.2) is 18.7 Å². The highest BCUT2D eigenvalue weighted by atomic mass is 19.1. The highest BCUT2D eigenvalue weighted by Gasteiger charge is 2.15. The SMILES string of the molecule is Fc1ccc(-c2nc(Nc3ccc4c(c3)C=NC4)c3cc[nH]c3n2)c(F)c1. The first kappa shape index (κ1) is 15.6. The summed E-state index contributed by atoms with van der Waals surface area (Å²) in [5.41, 5.74) is 3.77. The molecule has 5 rings (SSSR count). The summed E-state index contributed by atoms with van der Waals surface area (Å²) < 4.78 is 27.4. The Morgan fingerprint density at radius 1 is 1.00 bits per heavy atom. The molecule has 2 aromatic carbocycles. The topological polar surface area (TPSA) is 66.0 Å². The van der Waals surface area contributed by atoms with Gasteiger partial charge in [0.1, 0.15) is 23.1 Å². The first-order valence-corrected chi connectivity index (χ1v) is 8.38. The molecule has 0 bridgehead atoms. The van der Waals surface area contributed by atoms with Crippen molar-refractivity contribution in [3.63, 3.8) is 0 Å². The lowest BCUT2D eigenvalue weighted by Crippen LogP contribution is -2.00. The fraction of sp³-hybridized carbons (Fsp3) is 0.0500. The molecule has 2 N–H and O–H groups in total. The van der Waals surface area contributed by atoms with E-state index < -0.39 is 11.6 Å². The van der Waals surface area contributed by atoms with E-state index >= 15 is 0 Å². The van der Waals surface area contributed by atoms with Gasteiger partial charge in [-0.15, -0.1) is 0 Å². The van der Waals surface area contributed by atoms with Gasteiger partial charge in [0.2, 0.25) is 0 Å². The van der Waals surface area contributed by atoms with Crippen molar-refractivity contribution >= 4 is 28.8 Å². The standard InChI is InChI=1S/C20H13F2N5/c21-13-2-4-15(17(22)8-13)19-26-18-16(5-6-24-18)20(27-19)25-14-3-1-11-9-23-10-12(11)7-14/h1-8,10H,9H2,(H2,24,25,26,27). The van der Waals surface area contributed by atoms with Crippen molar-refractivity contribution in [3.05, 3.63) is 71.4 Å². The average Bonchev–Trinajstić information content (AvgIpc) is 3.30. The second-order valence-electron chi connectivity index (χ2n) is 6.27.